The predicted molar refractivity (Wildman–Crippen MR) is 86.0 cm³/mol. The van der Waals surface area contributed by atoms with E-state index in [9.17, 15) is 8.42 Å². The van der Waals surface area contributed by atoms with Crippen LogP contribution in [0.2, 0.25) is 5.02 Å². The Morgan fingerprint density at radius 1 is 1.29 bits per heavy atom. The molecule has 1 N–H and O–H groups in total. The fourth-order valence-corrected chi connectivity index (χ4v) is 3.42. The van der Waals surface area contributed by atoms with Crippen LogP contribution in [0, 0.1) is 0 Å². The lowest BCUT2D eigenvalue weighted by Gasteiger charge is -2.10. The van der Waals surface area contributed by atoms with Gasteiger partial charge in [-0.25, -0.2) is 13.4 Å². The van der Waals surface area contributed by atoms with Crippen molar-refractivity contribution in [3.8, 4) is 0 Å². The second-order valence-electron chi connectivity index (χ2n) is 4.33. The van der Waals surface area contributed by atoms with Crippen molar-refractivity contribution < 1.29 is 8.42 Å². The van der Waals surface area contributed by atoms with Crippen LogP contribution in [0.5, 0.6) is 0 Å². The number of sulfonamides is 1. The summed E-state index contributed by atoms with van der Waals surface area (Å²) in [6.07, 6.45) is 2.38. The maximum absolute atomic E-state index is 12.3. The molecule has 0 aliphatic rings. The van der Waals surface area contributed by atoms with Crippen molar-refractivity contribution in [2.45, 2.75) is 18.2 Å². The van der Waals surface area contributed by atoms with E-state index in [0.29, 0.717) is 6.42 Å². The van der Waals surface area contributed by atoms with E-state index >= 15 is 0 Å². The van der Waals surface area contributed by atoms with Gasteiger partial charge in [-0.05, 0) is 36.2 Å². The van der Waals surface area contributed by atoms with E-state index in [1.807, 2.05) is 6.92 Å². The van der Waals surface area contributed by atoms with Gasteiger partial charge in [-0.3, -0.25) is 4.72 Å². The van der Waals surface area contributed by atoms with Gasteiger partial charge < -0.3 is 0 Å². The Hall–Kier alpha value is -1.85. The lowest BCUT2D eigenvalue weighted by Crippen LogP contribution is -2.15. The van der Waals surface area contributed by atoms with Crippen LogP contribution in [0.15, 0.2) is 47.9 Å². The van der Waals surface area contributed by atoms with E-state index in [-0.39, 0.29) is 15.7 Å². The molecule has 6 heteroatoms. The number of nitrogens with one attached hydrogen (secondary N) is 1. The van der Waals surface area contributed by atoms with Crippen LogP contribution >= 0.6 is 11.6 Å². The zero-order chi connectivity index (χ0) is 15.5. The third-order valence-electron chi connectivity index (χ3n) is 2.93. The summed E-state index contributed by atoms with van der Waals surface area (Å²) < 4.78 is 27.1. The molecule has 21 heavy (non-hydrogen) atoms. The van der Waals surface area contributed by atoms with Crippen LogP contribution in [0.3, 0.4) is 0 Å². The summed E-state index contributed by atoms with van der Waals surface area (Å²) in [6.45, 7) is 5.65. The smallest absolute Gasteiger partial charge is 0.263 e. The summed E-state index contributed by atoms with van der Waals surface area (Å²) in [5, 5.41) is 0.170. The molecule has 2 aromatic rings. The van der Waals surface area contributed by atoms with Crippen molar-refractivity contribution in [2.24, 2.45) is 0 Å². The Balaban J connectivity index is 2.38. The average molecular weight is 323 g/mol. The largest absolute Gasteiger partial charge is 0.264 e. The lowest BCUT2D eigenvalue weighted by molar-refractivity contribution is 0.601. The zero-order valence-electron chi connectivity index (χ0n) is 11.5. The first-order chi connectivity index (χ1) is 9.97. The lowest BCUT2D eigenvalue weighted by atomic mass is 10.1. The standard InChI is InChI=1S/C15H15ClN2O2S/c1-3-11-9-10-15(17-13(11)4-2)18-21(19,20)14-8-6-5-7-12(14)16/h3,5-10H,1,4H2,2H3,(H,17,18). The van der Waals surface area contributed by atoms with Gasteiger partial charge in [-0.1, -0.05) is 43.3 Å². The van der Waals surface area contributed by atoms with Crippen LogP contribution in [0.1, 0.15) is 18.2 Å². The molecule has 0 saturated carbocycles. The molecule has 0 aliphatic carbocycles. The summed E-state index contributed by atoms with van der Waals surface area (Å²) in [4.78, 5) is 4.32. The summed E-state index contributed by atoms with van der Waals surface area (Å²) in [5.41, 5.74) is 1.67. The van der Waals surface area contributed by atoms with Gasteiger partial charge in [0.1, 0.15) is 10.7 Å². The normalized spacial score (nSPS) is 11.1. The number of hydrogen-bond acceptors (Lipinski definition) is 3. The number of rotatable bonds is 5. The minimum absolute atomic E-state index is 0.0271. The average Bonchev–Trinajstić information content (AvgIpc) is 2.47. The third kappa shape index (κ3) is 3.43. The highest BCUT2D eigenvalue weighted by Gasteiger charge is 2.18. The first-order valence-corrected chi connectivity index (χ1v) is 8.23. The molecule has 2 rings (SSSR count). The zero-order valence-corrected chi connectivity index (χ0v) is 13.1. The molecule has 0 aliphatic heterocycles. The number of aromatic nitrogens is 1. The molecule has 4 nitrogen and oxygen atoms in total. The molecular formula is C15H15ClN2O2S. The first-order valence-electron chi connectivity index (χ1n) is 6.37. The van der Waals surface area contributed by atoms with Crippen molar-refractivity contribution in [1.29, 1.82) is 0 Å². The minimum atomic E-state index is -3.76. The Morgan fingerprint density at radius 3 is 2.62 bits per heavy atom. The van der Waals surface area contributed by atoms with Gasteiger partial charge in [0.25, 0.3) is 10.0 Å². The summed E-state index contributed by atoms with van der Waals surface area (Å²) in [5.74, 6) is 0.261. The van der Waals surface area contributed by atoms with Crippen molar-refractivity contribution in [2.75, 3.05) is 4.72 Å². The molecule has 0 unspecified atom stereocenters. The van der Waals surface area contributed by atoms with E-state index in [2.05, 4.69) is 16.3 Å². The van der Waals surface area contributed by atoms with Gasteiger partial charge >= 0.3 is 0 Å². The van der Waals surface area contributed by atoms with Gasteiger partial charge in [-0.2, -0.15) is 0 Å². The fraction of sp³-hybridized carbons (Fsp3) is 0.133. The fourth-order valence-electron chi connectivity index (χ4n) is 1.89. The molecule has 1 heterocycles. The summed E-state index contributed by atoms with van der Waals surface area (Å²) in [6, 6.07) is 9.65. The third-order valence-corrected chi connectivity index (χ3v) is 4.78. The highest BCUT2D eigenvalue weighted by molar-refractivity contribution is 7.92. The maximum atomic E-state index is 12.3. The molecule has 0 bridgehead atoms. The Morgan fingerprint density at radius 2 is 2.00 bits per heavy atom. The maximum Gasteiger partial charge on any atom is 0.264 e. The number of benzene rings is 1. The SMILES string of the molecule is C=Cc1ccc(NS(=O)(=O)c2ccccc2Cl)nc1CC. The number of hydrogen-bond donors (Lipinski definition) is 1. The number of nitrogens with zero attached hydrogens (tertiary/aromatic N) is 1. The predicted octanol–water partition coefficient (Wildman–Crippen LogP) is 3.74. The van der Waals surface area contributed by atoms with Gasteiger partial charge in [0.05, 0.1) is 5.02 Å². The highest BCUT2D eigenvalue weighted by Crippen LogP contribution is 2.23. The van der Waals surface area contributed by atoms with Crippen molar-refractivity contribution in [1.82, 2.24) is 4.98 Å². The molecule has 1 aromatic heterocycles. The quantitative estimate of drug-likeness (QED) is 0.912. The van der Waals surface area contributed by atoms with E-state index in [1.54, 1.807) is 30.3 Å². The molecule has 0 radical (unpaired) electrons. The van der Waals surface area contributed by atoms with Gasteiger partial charge in [0.2, 0.25) is 0 Å². The van der Waals surface area contributed by atoms with Gasteiger partial charge in [0.15, 0.2) is 0 Å². The second kappa shape index (κ2) is 6.28. The van der Waals surface area contributed by atoms with E-state index < -0.39 is 10.0 Å². The highest BCUT2D eigenvalue weighted by atomic mass is 35.5. The van der Waals surface area contributed by atoms with E-state index in [1.165, 1.54) is 12.1 Å². The molecule has 0 amide bonds. The Bertz CT molecular complexity index is 773. The minimum Gasteiger partial charge on any atom is -0.263 e. The number of pyridine rings is 1. The van der Waals surface area contributed by atoms with Crippen molar-refractivity contribution in [3.05, 3.63) is 59.3 Å². The second-order valence-corrected chi connectivity index (χ2v) is 6.38. The number of aryl methyl sites for hydroxylation is 1. The topological polar surface area (TPSA) is 59.1 Å². The molecule has 110 valence electrons. The van der Waals surface area contributed by atoms with Crippen molar-refractivity contribution >= 4 is 33.5 Å². The molecule has 0 saturated heterocycles. The molecule has 0 atom stereocenters. The van der Waals surface area contributed by atoms with Gasteiger partial charge in [0, 0.05) is 5.69 Å². The Kier molecular flexibility index (Phi) is 4.65. The van der Waals surface area contributed by atoms with Crippen LogP contribution < -0.4 is 4.72 Å². The van der Waals surface area contributed by atoms with Crippen LogP contribution in [0.4, 0.5) is 5.82 Å². The Labute approximate surface area is 129 Å². The monoisotopic (exact) mass is 322 g/mol. The summed E-state index contributed by atoms with van der Waals surface area (Å²) >= 11 is 5.93. The van der Waals surface area contributed by atoms with Crippen LogP contribution in [-0.4, -0.2) is 13.4 Å². The first kappa shape index (κ1) is 15.5. The summed E-state index contributed by atoms with van der Waals surface area (Å²) in [7, 11) is -3.76. The van der Waals surface area contributed by atoms with E-state index in [0.717, 1.165) is 11.3 Å². The molecule has 0 spiro atoms. The molecule has 0 fully saturated rings. The van der Waals surface area contributed by atoms with E-state index in [4.69, 9.17) is 11.6 Å². The number of anilines is 1. The molecule has 1 aromatic carbocycles. The van der Waals surface area contributed by atoms with Gasteiger partial charge in [-0.15, -0.1) is 0 Å². The molecular weight excluding hydrogens is 308 g/mol. The number of halogens is 1. The van der Waals surface area contributed by atoms with Crippen molar-refractivity contribution in [3.63, 3.8) is 0 Å². The van der Waals surface area contributed by atoms with Crippen LogP contribution in [-0.2, 0) is 16.4 Å². The van der Waals surface area contributed by atoms with Crippen LogP contribution in [0.25, 0.3) is 6.08 Å².